The van der Waals surface area contributed by atoms with Crippen molar-refractivity contribution in [3.05, 3.63) is 65.0 Å². The highest BCUT2D eigenvalue weighted by molar-refractivity contribution is 9.10. The van der Waals surface area contributed by atoms with E-state index >= 15 is 0 Å². The zero-order valence-corrected chi connectivity index (χ0v) is 15.5. The highest BCUT2D eigenvalue weighted by Gasteiger charge is 2.34. The summed E-state index contributed by atoms with van der Waals surface area (Å²) < 4.78 is 6.46. The number of halogens is 1. The van der Waals surface area contributed by atoms with E-state index in [1.807, 2.05) is 54.6 Å². The van der Waals surface area contributed by atoms with Crippen molar-refractivity contribution in [2.45, 2.75) is 18.9 Å². The van der Waals surface area contributed by atoms with Crippen molar-refractivity contribution in [1.82, 2.24) is 15.0 Å². The number of carbonyl (C=O) groups is 1. The van der Waals surface area contributed by atoms with Gasteiger partial charge < -0.3 is 14.7 Å². The van der Waals surface area contributed by atoms with Crippen molar-refractivity contribution < 1.29 is 9.32 Å². The van der Waals surface area contributed by atoms with Gasteiger partial charge in [-0.1, -0.05) is 39.3 Å². The van der Waals surface area contributed by atoms with Gasteiger partial charge in [0.15, 0.2) is 0 Å². The smallest absolute Gasteiger partial charge is 0.322 e. The van der Waals surface area contributed by atoms with Gasteiger partial charge in [-0.2, -0.15) is 4.98 Å². The van der Waals surface area contributed by atoms with Crippen LogP contribution in [0.2, 0.25) is 0 Å². The number of rotatable bonds is 3. The van der Waals surface area contributed by atoms with Crippen molar-refractivity contribution >= 4 is 27.6 Å². The van der Waals surface area contributed by atoms with Crippen LogP contribution in [0.15, 0.2) is 63.6 Å². The number of aromatic nitrogens is 2. The Morgan fingerprint density at radius 1 is 1.15 bits per heavy atom. The molecular formula is C19H17BrN4O2. The summed E-state index contributed by atoms with van der Waals surface area (Å²) in [5.74, 6) is 1.01. The number of urea groups is 1. The molecule has 7 heteroatoms. The van der Waals surface area contributed by atoms with Crippen LogP contribution in [0.3, 0.4) is 0 Å². The third-order valence-corrected chi connectivity index (χ3v) is 4.90. The first kappa shape index (κ1) is 16.8. The molecule has 1 fully saturated rings. The van der Waals surface area contributed by atoms with Crippen molar-refractivity contribution in [2.75, 3.05) is 11.9 Å². The van der Waals surface area contributed by atoms with E-state index in [9.17, 15) is 4.79 Å². The normalized spacial score (nSPS) is 16.7. The standard InChI is InChI=1S/C19H17BrN4O2/c20-14-10-8-13(9-11-14)17-22-18(26-23-17)16-7-4-12-24(16)19(25)21-15-5-2-1-3-6-15/h1-3,5-6,8-11,16H,4,7,12H2,(H,21,25). The molecule has 1 aromatic heterocycles. The molecule has 1 saturated heterocycles. The molecule has 1 atom stereocenters. The van der Waals surface area contributed by atoms with E-state index in [2.05, 4.69) is 31.4 Å². The number of likely N-dealkylation sites (tertiary alicyclic amines) is 1. The number of amides is 2. The summed E-state index contributed by atoms with van der Waals surface area (Å²) in [5, 5.41) is 7.00. The van der Waals surface area contributed by atoms with Gasteiger partial charge >= 0.3 is 6.03 Å². The van der Waals surface area contributed by atoms with Crippen molar-refractivity contribution in [1.29, 1.82) is 0 Å². The molecule has 3 aromatic rings. The molecule has 1 unspecified atom stereocenters. The second-order valence-corrected chi connectivity index (χ2v) is 7.03. The van der Waals surface area contributed by atoms with Crippen molar-refractivity contribution in [3.8, 4) is 11.4 Å². The quantitative estimate of drug-likeness (QED) is 0.665. The largest absolute Gasteiger partial charge is 0.337 e. The third-order valence-electron chi connectivity index (χ3n) is 4.37. The Morgan fingerprint density at radius 2 is 1.92 bits per heavy atom. The molecule has 132 valence electrons. The first-order chi connectivity index (χ1) is 12.7. The highest BCUT2D eigenvalue weighted by Crippen LogP contribution is 2.32. The van der Waals surface area contributed by atoms with Gasteiger partial charge in [-0.25, -0.2) is 4.79 Å². The number of anilines is 1. The second-order valence-electron chi connectivity index (χ2n) is 6.11. The molecule has 0 radical (unpaired) electrons. The lowest BCUT2D eigenvalue weighted by Gasteiger charge is -2.22. The lowest BCUT2D eigenvalue weighted by Crippen LogP contribution is -2.34. The van der Waals surface area contributed by atoms with Gasteiger partial charge in [-0.3, -0.25) is 0 Å². The van der Waals surface area contributed by atoms with Crippen LogP contribution in [0, 0.1) is 0 Å². The highest BCUT2D eigenvalue weighted by atomic mass is 79.9. The van der Waals surface area contributed by atoms with Gasteiger partial charge in [-0.15, -0.1) is 0 Å². The topological polar surface area (TPSA) is 71.3 Å². The van der Waals surface area contributed by atoms with Crippen molar-refractivity contribution in [3.63, 3.8) is 0 Å². The first-order valence-electron chi connectivity index (χ1n) is 8.43. The summed E-state index contributed by atoms with van der Waals surface area (Å²) in [5.41, 5.74) is 1.64. The number of hydrogen-bond acceptors (Lipinski definition) is 4. The Labute approximate surface area is 159 Å². The molecule has 1 aliphatic rings. The molecule has 0 saturated carbocycles. The molecule has 4 rings (SSSR count). The fourth-order valence-corrected chi connectivity index (χ4v) is 3.33. The minimum absolute atomic E-state index is 0.151. The predicted molar refractivity (Wildman–Crippen MR) is 102 cm³/mol. The van der Waals surface area contributed by atoms with Gasteiger partial charge in [-0.05, 0) is 49.2 Å². The zero-order chi connectivity index (χ0) is 17.9. The van der Waals surface area contributed by atoms with Crippen LogP contribution in [0.4, 0.5) is 10.5 Å². The van der Waals surface area contributed by atoms with E-state index in [0.717, 1.165) is 28.6 Å². The maximum Gasteiger partial charge on any atom is 0.322 e. The summed E-state index contributed by atoms with van der Waals surface area (Å²) in [6.07, 6.45) is 1.72. The summed E-state index contributed by atoms with van der Waals surface area (Å²) in [6.45, 7) is 0.666. The van der Waals surface area contributed by atoms with Gasteiger partial charge in [0.05, 0.1) is 0 Å². The first-order valence-corrected chi connectivity index (χ1v) is 9.22. The molecule has 2 aromatic carbocycles. The number of benzene rings is 2. The lowest BCUT2D eigenvalue weighted by molar-refractivity contribution is 0.193. The molecule has 1 aliphatic heterocycles. The summed E-state index contributed by atoms with van der Waals surface area (Å²) in [6, 6.07) is 16.8. The molecule has 0 bridgehead atoms. The van der Waals surface area contributed by atoms with Crippen LogP contribution in [0.1, 0.15) is 24.8 Å². The number of nitrogens with zero attached hydrogens (tertiary/aromatic N) is 3. The van der Waals surface area contributed by atoms with Crippen LogP contribution >= 0.6 is 15.9 Å². The fraction of sp³-hybridized carbons (Fsp3) is 0.211. The van der Waals surface area contributed by atoms with Gasteiger partial charge in [0.1, 0.15) is 6.04 Å². The molecule has 2 amide bonds. The Morgan fingerprint density at radius 3 is 2.69 bits per heavy atom. The van der Waals surface area contributed by atoms with E-state index in [1.54, 1.807) is 4.90 Å². The fourth-order valence-electron chi connectivity index (χ4n) is 3.07. The molecule has 6 nitrogen and oxygen atoms in total. The van der Waals surface area contributed by atoms with Crippen LogP contribution in [0.5, 0.6) is 0 Å². The number of carbonyl (C=O) groups excluding carboxylic acids is 1. The van der Waals surface area contributed by atoms with Gasteiger partial charge in [0, 0.05) is 22.3 Å². The average molecular weight is 413 g/mol. The predicted octanol–water partition coefficient (Wildman–Crippen LogP) is 4.87. The van der Waals surface area contributed by atoms with E-state index in [4.69, 9.17) is 4.52 Å². The van der Waals surface area contributed by atoms with Crippen LogP contribution in [-0.4, -0.2) is 27.6 Å². The second kappa shape index (κ2) is 7.29. The average Bonchev–Trinajstić information content (AvgIpc) is 3.32. The van der Waals surface area contributed by atoms with E-state index in [1.165, 1.54) is 0 Å². The summed E-state index contributed by atoms with van der Waals surface area (Å²) >= 11 is 3.41. The Kier molecular flexibility index (Phi) is 4.71. The maximum absolute atomic E-state index is 12.6. The molecule has 2 heterocycles. The van der Waals surface area contributed by atoms with Crippen molar-refractivity contribution in [2.24, 2.45) is 0 Å². The SMILES string of the molecule is O=C(Nc1ccccc1)N1CCCC1c1nc(-c2ccc(Br)cc2)no1. The van der Waals surface area contributed by atoms with E-state index in [0.29, 0.717) is 18.3 Å². The number of hydrogen-bond donors (Lipinski definition) is 1. The van der Waals surface area contributed by atoms with Crippen LogP contribution in [0.25, 0.3) is 11.4 Å². The van der Waals surface area contributed by atoms with E-state index < -0.39 is 0 Å². The molecular weight excluding hydrogens is 396 g/mol. The third kappa shape index (κ3) is 3.48. The molecule has 26 heavy (non-hydrogen) atoms. The Hall–Kier alpha value is -2.67. The summed E-state index contributed by atoms with van der Waals surface area (Å²) in [7, 11) is 0. The van der Waals surface area contributed by atoms with Gasteiger partial charge in [0.2, 0.25) is 11.7 Å². The lowest BCUT2D eigenvalue weighted by atomic mass is 10.2. The maximum atomic E-state index is 12.6. The monoisotopic (exact) mass is 412 g/mol. The van der Waals surface area contributed by atoms with Gasteiger partial charge in [0.25, 0.3) is 0 Å². The number of para-hydroxylation sites is 1. The zero-order valence-electron chi connectivity index (χ0n) is 13.9. The Balaban J connectivity index is 1.51. The molecule has 1 N–H and O–H groups in total. The minimum atomic E-state index is -0.199. The molecule has 0 spiro atoms. The Bertz CT molecular complexity index is 895. The van der Waals surface area contributed by atoms with Crippen LogP contribution in [-0.2, 0) is 0 Å². The summed E-state index contributed by atoms with van der Waals surface area (Å²) in [4.78, 5) is 18.9. The molecule has 0 aliphatic carbocycles. The van der Waals surface area contributed by atoms with Crippen LogP contribution < -0.4 is 5.32 Å². The number of nitrogens with one attached hydrogen (secondary N) is 1. The minimum Gasteiger partial charge on any atom is -0.337 e. The van der Waals surface area contributed by atoms with E-state index in [-0.39, 0.29) is 12.1 Å².